The Balaban J connectivity index is 2.14. The molecule has 3 aromatic rings. The van der Waals surface area contributed by atoms with Gasteiger partial charge in [0, 0.05) is 36.1 Å². The van der Waals surface area contributed by atoms with E-state index in [-0.39, 0.29) is 5.92 Å². The fourth-order valence-corrected chi connectivity index (χ4v) is 2.39. The Hall–Kier alpha value is -2.23. The highest BCUT2D eigenvalue weighted by molar-refractivity contribution is 5.84. The van der Waals surface area contributed by atoms with E-state index in [0.717, 1.165) is 5.69 Å². The van der Waals surface area contributed by atoms with Crippen LogP contribution >= 0.6 is 0 Å². The van der Waals surface area contributed by atoms with Gasteiger partial charge in [0.2, 0.25) is 5.88 Å². The van der Waals surface area contributed by atoms with Crippen molar-refractivity contribution >= 4 is 16.8 Å². The molecule has 4 nitrogen and oxygen atoms in total. The zero-order valence-corrected chi connectivity index (χ0v) is 10.4. The third kappa shape index (κ3) is 1.57. The maximum absolute atomic E-state index is 5.58. The number of nitrogen functional groups attached to an aromatic ring is 1. The quantitative estimate of drug-likeness (QED) is 0.750. The molecule has 0 bridgehead atoms. The molecular formula is C14H15N3O. The van der Waals surface area contributed by atoms with Crippen LogP contribution in [0.3, 0.4) is 0 Å². The number of aromatic nitrogens is 2. The van der Waals surface area contributed by atoms with E-state index in [1.54, 1.807) is 6.07 Å². The summed E-state index contributed by atoms with van der Waals surface area (Å²) in [5.41, 5.74) is 8.90. The van der Waals surface area contributed by atoms with Gasteiger partial charge in [-0.2, -0.15) is 0 Å². The molecule has 0 aliphatic rings. The van der Waals surface area contributed by atoms with Crippen LogP contribution < -0.4 is 5.73 Å². The van der Waals surface area contributed by atoms with Gasteiger partial charge in [0.25, 0.3) is 0 Å². The minimum absolute atomic E-state index is 0.164. The fraction of sp³-hybridized carbons (Fsp3) is 0.214. The molecule has 2 heterocycles. The molecule has 0 aliphatic heterocycles. The minimum Gasteiger partial charge on any atom is -0.368 e. The second-order valence-corrected chi connectivity index (χ2v) is 4.59. The Kier molecular flexibility index (Phi) is 2.37. The van der Waals surface area contributed by atoms with E-state index in [4.69, 9.17) is 10.3 Å². The highest BCUT2D eigenvalue weighted by Crippen LogP contribution is 2.31. The first-order valence-electron chi connectivity index (χ1n) is 5.93. The predicted molar refractivity (Wildman–Crippen MR) is 71.4 cm³/mol. The zero-order chi connectivity index (χ0) is 12.7. The van der Waals surface area contributed by atoms with Crippen LogP contribution in [0.1, 0.15) is 24.1 Å². The van der Waals surface area contributed by atoms with Crippen molar-refractivity contribution < 1.29 is 4.52 Å². The Morgan fingerprint density at radius 3 is 2.83 bits per heavy atom. The number of aryl methyl sites for hydroxylation is 1. The fourth-order valence-electron chi connectivity index (χ4n) is 2.39. The summed E-state index contributed by atoms with van der Waals surface area (Å²) < 4.78 is 7.08. The number of nitrogens with two attached hydrogens (primary N) is 1. The van der Waals surface area contributed by atoms with Crippen LogP contribution in [0.5, 0.6) is 0 Å². The number of benzene rings is 1. The maximum atomic E-state index is 5.58. The van der Waals surface area contributed by atoms with E-state index in [0.29, 0.717) is 5.88 Å². The standard InChI is InChI=1S/C14H15N3O/c1-9(12-7-14(15)18-16-12)11-8-17(2)13-6-4-3-5-10(11)13/h3-9H,15H2,1-2H3. The molecular weight excluding hydrogens is 226 g/mol. The smallest absolute Gasteiger partial charge is 0.222 e. The first kappa shape index (κ1) is 10.9. The van der Waals surface area contributed by atoms with Gasteiger partial charge in [-0.1, -0.05) is 30.3 Å². The normalized spacial score (nSPS) is 13.0. The highest BCUT2D eigenvalue weighted by Gasteiger charge is 2.17. The molecule has 0 amide bonds. The molecule has 0 saturated heterocycles. The number of hydrogen-bond acceptors (Lipinski definition) is 3. The average Bonchev–Trinajstić information content (AvgIpc) is 2.94. The number of para-hydroxylation sites is 1. The summed E-state index contributed by atoms with van der Waals surface area (Å²) in [6.45, 7) is 2.11. The van der Waals surface area contributed by atoms with Crippen molar-refractivity contribution in [1.82, 2.24) is 9.72 Å². The van der Waals surface area contributed by atoms with Crippen LogP contribution in [0.4, 0.5) is 5.88 Å². The van der Waals surface area contributed by atoms with Crippen molar-refractivity contribution in [2.45, 2.75) is 12.8 Å². The summed E-state index contributed by atoms with van der Waals surface area (Å²) in [7, 11) is 2.05. The molecule has 0 fully saturated rings. The Labute approximate surface area is 105 Å². The molecule has 1 unspecified atom stereocenters. The van der Waals surface area contributed by atoms with Gasteiger partial charge in [-0.25, -0.2) is 0 Å². The van der Waals surface area contributed by atoms with Crippen molar-refractivity contribution in [3.63, 3.8) is 0 Å². The lowest BCUT2D eigenvalue weighted by Crippen LogP contribution is -1.95. The molecule has 1 atom stereocenters. The van der Waals surface area contributed by atoms with Crippen molar-refractivity contribution in [2.75, 3.05) is 5.73 Å². The van der Waals surface area contributed by atoms with E-state index in [9.17, 15) is 0 Å². The predicted octanol–water partition coefficient (Wildman–Crippen LogP) is 2.90. The lowest BCUT2D eigenvalue weighted by molar-refractivity contribution is 0.425. The Bertz CT molecular complexity index is 696. The van der Waals surface area contributed by atoms with E-state index in [1.807, 2.05) is 6.07 Å². The van der Waals surface area contributed by atoms with Crippen molar-refractivity contribution in [3.8, 4) is 0 Å². The monoisotopic (exact) mass is 241 g/mol. The molecule has 2 aromatic heterocycles. The topological polar surface area (TPSA) is 57.0 Å². The Morgan fingerprint density at radius 2 is 2.11 bits per heavy atom. The summed E-state index contributed by atoms with van der Waals surface area (Å²) in [6.07, 6.45) is 2.14. The highest BCUT2D eigenvalue weighted by atomic mass is 16.5. The number of fused-ring (bicyclic) bond motifs is 1. The van der Waals surface area contributed by atoms with E-state index >= 15 is 0 Å². The van der Waals surface area contributed by atoms with E-state index in [2.05, 4.69) is 48.1 Å². The lowest BCUT2D eigenvalue weighted by atomic mass is 9.97. The van der Waals surface area contributed by atoms with Gasteiger partial charge in [0.1, 0.15) is 0 Å². The van der Waals surface area contributed by atoms with Crippen LogP contribution in [0.2, 0.25) is 0 Å². The van der Waals surface area contributed by atoms with Crippen LogP contribution in [0.15, 0.2) is 41.1 Å². The van der Waals surface area contributed by atoms with Gasteiger partial charge in [-0.05, 0) is 11.6 Å². The van der Waals surface area contributed by atoms with E-state index in [1.165, 1.54) is 16.5 Å². The van der Waals surface area contributed by atoms with Crippen LogP contribution in [0.25, 0.3) is 10.9 Å². The SMILES string of the molecule is CC(c1cc(N)on1)c1cn(C)c2ccccc12. The molecule has 4 heteroatoms. The van der Waals surface area contributed by atoms with E-state index < -0.39 is 0 Å². The summed E-state index contributed by atoms with van der Waals surface area (Å²) in [4.78, 5) is 0. The molecule has 0 spiro atoms. The molecule has 1 aromatic carbocycles. The largest absolute Gasteiger partial charge is 0.368 e. The molecule has 0 radical (unpaired) electrons. The summed E-state index contributed by atoms with van der Waals surface area (Å²) in [6, 6.07) is 10.1. The van der Waals surface area contributed by atoms with Gasteiger partial charge in [-0.3, -0.25) is 0 Å². The molecule has 18 heavy (non-hydrogen) atoms. The number of rotatable bonds is 2. The third-order valence-electron chi connectivity index (χ3n) is 3.38. The van der Waals surface area contributed by atoms with Gasteiger partial charge in [0.15, 0.2) is 0 Å². The molecule has 0 aliphatic carbocycles. The van der Waals surface area contributed by atoms with Gasteiger partial charge in [0.05, 0.1) is 5.69 Å². The van der Waals surface area contributed by atoms with Gasteiger partial charge in [-0.15, -0.1) is 0 Å². The zero-order valence-electron chi connectivity index (χ0n) is 10.4. The van der Waals surface area contributed by atoms with Crippen molar-refractivity contribution in [2.24, 2.45) is 7.05 Å². The summed E-state index contributed by atoms with van der Waals surface area (Å²) in [5.74, 6) is 0.522. The van der Waals surface area contributed by atoms with Crippen LogP contribution in [-0.2, 0) is 7.05 Å². The first-order valence-corrected chi connectivity index (χ1v) is 5.93. The van der Waals surface area contributed by atoms with Gasteiger partial charge >= 0.3 is 0 Å². The second-order valence-electron chi connectivity index (χ2n) is 4.59. The summed E-state index contributed by atoms with van der Waals surface area (Å²) in [5, 5.41) is 5.24. The van der Waals surface area contributed by atoms with Crippen LogP contribution in [0, 0.1) is 0 Å². The average molecular weight is 241 g/mol. The second kappa shape index (κ2) is 3.91. The first-order chi connectivity index (χ1) is 8.66. The van der Waals surface area contributed by atoms with Crippen molar-refractivity contribution in [3.05, 3.63) is 47.8 Å². The number of nitrogens with zero attached hydrogens (tertiary/aromatic N) is 2. The minimum atomic E-state index is 0.164. The summed E-state index contributed by atoms with van der Waals surface area (Å²) >= 11 is 0. The molecule has 0 saturated carbocycles. The number of hydrogen-bond donors (Lipinski definition) is 1. The molecule has 2 N–H and O–H groups in total. The molecule has 92 valence electrons. The Morgan fingerprint density at radius 1 is 1.33 bits per heavy atom. The molecule has 3 rings (SSSR count). The van der Waals surface area contributed by atoms with Gasteiger partial charge < -0.3 is 14.8 Å². The van der Waals surface area contributed by atoms with Crippen molar-refractivity contribution in [1.29, 1.82) is 0 Å². The maximum Gasteiger partial charge on any atom is 0.222 e. The third-order valence-corrected chi connectivity index (χ3v) is 3.38. The lowest BCUT2D eigenvalue weighted by Gasteiger charge is -2.05. The van der Waals surface area contributed by atoms with Crippen LogP contribution in [-0.4, -0.2) is 9.72 Å². The number of anilines is 1.